The molecule has 2 rings (SSSR count). The molecule has 1 aromatic heterocycles. The smallest absolute Gasteiger partial charge is 0.147 e. The number of nitrogens with zero attached hydrogens (tertiary/aromatic N) is 1. The van der Waals surface area contributed by atoms with Gasteiger partial charge in [0, 0.05) is 0 Å². The summed E-state index contributed by atoms with van der Waals surface area (Å²) in [5.41, 5.74) is 3.27. The van der Waals surface area contributed by atoms with E-state index >= 15 is 0 Å². The highest BCUT2D eigenvalue weighted by atomic mass is 35.5. The summed E-state index contributed by atoms with van der Waals surface area (Å²) in [7, 11) is 2.94. The van der Waals surface area contributed by atoms with E-state index in [9.17, 15) is 0 Å². The maximum Gasteiger partial charge on any atom is 0.147 e. The molecule has 1 heterocycles. The van der Waals surface area contributed by atoms with Crippen molar-refractivity contribution in [2.45, 2.75) is 13.8 Å². The minimum atomic E-state index is 0.555. The van der Waals surface area contributed by atoms with Gasteiger partial charge < -0.3 is 0 Å². The van der Waals surface area contributed by atoms with Crippen molar-refractivity contribution in [2.75, 3.05) is 0 Å². The average Bonchev–Trinajstić information content (AvgIpc) is 2.55. The van der Waals surface area contributed by atoms with E-state index < -0.39 is 0 Å². The summed E-state index contributed by atoms with van der Waals surface area (Å²) in [6.45, 7) is 4.08. The van der Waals surface area contributed by atoms with Crippen LogP contribution >= 0.6 is 43.9 Å². The lowest BCUT2D eigenvalue weighted by Gasteiger charge is -2.02. The Morgan fingerprint density at radius 1 is 1.06 bits per heavy atom. The highest BCUT2D eigenvalue weighted by Gasteiger charge is 2.05. The maximum absolute atomic E-state index is 6.06. The van der Waals surface area contributed by atoms with Crippen molar-refractivity contribution < 1.29 is 0 Å². The Balaban J connectivity index is 2.64. The van der Waals surface area contributed by atoms with Gasteiger partial charge in [0.25, 0.3) is 0 Å². The van der Waals surface area contributed by atoms with Crippen molar-refractivity contribution in [2.24, 2.45) is 4.99 Å². The van der Waals surface area contributed by atoms with E-state index in [1.165, 1.54) is 20.7 Å². The Morgan fingerprint density at radius 2 is 1.69 bits per heavy atom. The number of hydrogen-bond acceptors (Lipinski definition) is 3. The van der Waals surface area contributed by atoms with E-state index in [1.807, 2.05) is 32.0 Å². The van der Waals surface area contributed by atoms with Crippen LogP contribution in [0.3, 0.4) is 0 Å². The number of para-hydroxylation sites is 1. The molecule has 0 aliphatic carbocycles. The normalized spacial score (nSPS) is 12.1. The van der Waals surface area contributed by atoms with Gasteiger partial charge in [0.1, 0.15) is 14.0 Å². The first-order valence-electron chi connectivity index (χ1n) is 4.64. The zero-order valence-electron chi connectivity index (χ0n) is 8.75. The van der Waals surface area contributed by atoms with E-state index in [0.717, 1.165) is 21.5 Å². The zero-order valence-corrected chi connectivity index (χ0v) is 11.9. The fourth-order valence-electron chi connectivity index (χ4n) is 1.38. The standard InChI is InChI=1S/C11H9Cl2NS2/c1-6-4-3-5-7(2)9(6)14-11-8(12)10(13)15-16-11/h3-5H,1-2H3. The molecule has 0 aliphatic rings. The molecule has 0 bridgehead atoms. The summed E-state index contributed by atoms with van der Waals surface area (Å²) in [5, 5.41) is 0.555. The first-order chi connectivity index (χ1) is 7.59. The fourth-order valence-corrected chi connectivity index (χ4v) is 4.12. The molecule has 0 fully saturated rings. The molecule has 84 valence electrons. The van der Waals surface area contributed by atoms with Crippen LogP contribution in [0.15, 0.2) is 23.2 Å². The number of benzene rings is 1. The van der Waals surface area contributed by atoms with Crippen LogP contribution in [0.25, 0.3) is 0 Å². The predicted molar refractivity (Wildman–Crippen MR) is 73.4 cm³/mol. The van der Waals surface area contributed by atoms with Crippen LogP contribution in [0.5, 0.6) is 0 Å². The van der Waals surface area contributed by atoms with Gasteiger partial charge in [-0.15, -0.1) is 0 Å². The second kappa shape index (κ2) is 4.88. The quantitative estimate of drug-likeness (QED) is 0.658. The molecule has 1 aromatic carbocycles. The van der Waals surface area contributed by atoms with Crippen LogP contribution in [0, 0.1) is 13.8 Å². The van der Waals surface area contributed by atoms with E-state index in [0.29, 0.717) is 9.36 Å². The van der Waals surface area contributed by atoms with Crippen molar-refractivity contribution >= 4 is 49.6 Å². The minimum absolute atomic E-state index is 0.555. The number of rotatable bonds is 1. The van der Waals surface area contributed by atoms with E-state index in [1.54, 1.807) is 0 Å². The molecule has 0 saturated carbocycles. The van der Waals surface area contributed by atoms with Gasteiger partial charge in [0.15, 0.2) is 0 Å². The van der Waals surface area contributed by atoms with Crippen LogP contribution in [0.2, 0.25) is 9.36 Å². The SMILES string of the molecule is Cc1cccc(C)c1N=c1ssc(Cl)c1Cl. The van der Waals surface area contributed by atoms with Gasteiger partial charge in [-0.3, -0.25) is 0 Å². The summed E-state index contributed by atoms with van der Waals surface area (Å²) in [6.07, 6.45) is 0. The van der Waals surface area contributed by atoms with Crippen LogP contribution < -0.4 is 4.67 Å². The van der Waals surface area contributed by atoms with Crippen molar-refractivity contribution in [1.29, 1.82) is 0 Å². The monoisotopic (exact) mass is 289 g/mol. The molecule has 5 heteroatoms. The Bertz CT molecular complexity index is 564. The van der Waals surface area contributed by atoms with Gasteiger partial charge in [-0.05, 0) is 25.0 Å². The highest BCUT2D eigenvalue weighted by molar-refractivity contribution is 7.69. The molecule has 0 aliphatic heterocycles. The molecule has 0 atom stereocenters. The van der Waals surface area contributed by atoms with Crippen LogP contribution in [0.4, 0.5) is 5.69 Å². The molecule has 0 saturated heterocycles. The van der Waals surface area contributed by atoms with Gasteiger partial charge in [-0.25, -0.2) is 4.99 Å². The lowest BCUT2D eigenvalue weighted by atomic mass is 10.1. The average molecular weight is 290 g/mol. The Kier molecular flexibility index (Phi) is 3.70. The largest absolute Gasteiger partial charge is 0.235 e. The van der Waals surface area contributed by atoms with Gasteiger partial charge in [0.2, 0.25) is 0 Å². The summed E-state index contributed by atoms with van der Waals surface area (Å²) in [5.74, 6) is 0. The molecule has 16 heavy (non-hydrogen) atoms. The first-order valence-corrected chi connectivity index (χ1v) is 7.55. The van der Waals surface area contributed by atoms with Crippen LogP contribution in [-0.4, -0.2) is 0 Å². The number of aryl methyl sites for hydroxylation is 2. The van der Waals surface area contributed by atoms with Crippen LogP contribution in [-0.2, 0) is 0 Å². The lowest BCUT2D eigenvalue weighted by Crippen LogP contribution is -1.93. The molecule has 0 spiro atoms. The molecule has 0 radical (unpaired) electrons. The number of hydrogen-bond donors (Lipinski definition) is 0. The zero-order chi connectivity index (χ0) is 11.7. The Morgan fingerprint density at radius 3 is 2.19 bits per heavy atom. The summed E-state index contributed by atoms with van der Waals surface area (Å²) < 4.78 is 1.39. The Labute approximate surface area is 111 Å². The molecule has 2 aromatic rings. The highest BCUT2D eigenvalue weighted by Crippen LogP contribution is 2.29. The third-order valence-electron chi connectivity index (χ3n) is 2.21. The first kappa shape index (κ1) is 12.1. The molecule has 1 nitrogen and oxygen atoms in total. The van der Waals surface area contributed by atoms with Gasteiger partial charge in [0.05, 0.1) is 5.69 Å². The summed E-state index contributed by atoms with van der Waals surface area (Å²) in [6, 6.07) is 6.10. The molecule has 0 N–H and O–H groups in total. The van der Waals surface area contributed by atoms with E-state index in [2.05, 4.69) is 4.99 Å². The predicted octanol–water partition coefficient (Wildman–Crippen LogP) is 4.97. The van der Waals surface area contributed by atoms with Gasteiger partial charge in [-0.1, -0.05) is 62.1 Å². The maximum atomic E-state index is 6.06. The van der Waals surface area contributed by atoms with Crippen molar-refractivity contribution in [3.05, 3.63) is 43.4 Å². The summed E-state index contributed by atoms with van der Waals surface area (Å²) in [4.78, 5) is 4.57. The minimum Gasteiger partial charge on any atom is -0.235 e. The van der Waals surface area contributed by atoms with Gasteiger partial charge >= 0.3 is 0 Å². The summed E-state index contributed by atoms with van der Waals surface area (Å²) >= 11 is 12.0. The molecule has 0 unspecified atom stereocenters. The number of halogens is 2. The lowest BCUT2D eigenvalue weighted by molar-refractivity contribution is 1.29. The second-order valence-electron chi connectivity index (χ2n) is 3.41. The van der Waals surface area contributed by atoms with Gasteiger partial charge in [-0.2, -0.15) is 0 Å². The topological polar surface area (TPSA) is 12.4 Å². The molecule has 0 amide bonds. The van der Waals surface area contributed by atoms with Crippen LogP contribution in [0.1, 0.15) is 11.1 Å². The van der Waals surface area contributed by atoms with Crippen molar-refractivity contribution in [3.63, 3.8) is 0 Å². The van der Waals surface area contributed by atoms with Crippen molar-refractivity contribution in [1.82, 2.24) is 0 Å². The second-order valence-corrected chi connectivity index (χ2v) is 6.52. The molecular weight excluding hydrogens is 281 g/mol. The third kappa shape index (κ3) is 2.33. The van der Waals surface area contributed by atoms with E-state index in [4.69, 9.17) is 23.2 Å². The third-order valence-corrected chi connectivity index (χ3v) is 5.70. The Hall–Kier alpha value is -0.350. The molecular formula is C11H9Cl2NS2. The van der Waals surface area contributed by atoms with E-state index in [-0.39, 0.29) is 0 Å². The fraction of sp³-hybridized carbons (Fsp3) is 0.182. The van der Waals surface area contributed by atoms with Crippen molar-refractivity contribution in [3.8, 4) is 0 Å².